The quantitative estimate of drug-likeness (QED) is 0.727. The van der Waals surface area contributed by atoms with E-state index in [1.165, 1.54) is 6.92 Å². The first kappa shape index (κ1) is 14.2. The van der Waals surface area contributed by atoms with E-state index in [4.69, 9.17) is 5.11 Å². The van der Waals surface area contributed by atoms with E-state index in [9.17, 15) is 14.7 Å². The number of hydrogen-bond donors (Lipinski definition) is 3. The molecule has 0 radical (unpaired) electrons. The van der Waals surface area contributed by atoms with Gasteiger partial charge in [0, 0.05) is 12.1 Å². The minimum atomic E-state index is -1.45. The summed E-state index contributed by atoms with van der Waals surface area (Å²) in [6.07, 6.45) is -0.416. The van der Waals surface area contributed by atoms with E-state index in [1.807, 2.05) is 19.1 Å². The number of nitrogens with one attached hydrogen (secondary N) is 1. The third kappa shape index (κ3) is 4.18. The number of hydrogen-bond acceptors (Lipinski definition) is 3. The topological polar surface area (TPSA) is 86.6 Å². The highest BCUT2D eigenvalue weighted by Gasteiger charge is 2.25. The van der Waals surface area contributed by atoms with Crippen LogP contribution in [-0.4, -0.2) is 34.2 Å². The van der Waals surface area contributed by atoms with Crippen LogP contribution in [0.15, 0.2) is 24.3 Å². The summed E-state index contributed by atoms with van der Waals surface area (Å²) in [5, 5.41) is 20.9. The first-order valence-electron chi connectivity index (χ1n) is 5.60. The zero-order valence-corrected chi connectivity index (χ0v) is 10.4. The van der Waals surface area contributed by atoms with Crippen molar-refractivity contribution in [1.82, 2.24) is 5.32 Å². The first-order chi connectivity index (χ1) is 8.32. The second-order valence-corrected chi connectivity index (χ2v) is 4.57. The highest BCUT2D eigenvalue weighted by molar-refractivity contribution is 5.95. The molecule has 1 amide bonds. The fraction of sp³-hybridized carbons (Fsp3) is 0.385. The van der Waals surface area contributed by atoms with Crippen LogP contribution in [0.5, 0.6) is 0 Å². The minimum Gasteiger partial charge on any atom is -0.481 e. The smallest absolute Gasteiger partial charge is 0.306 e. The van der Waals surface area contributed by atoms with Crippen molar-refractivity contribution in [3.63, 3.8) is 0 Å². The normalized spacial score (nSPS) is 13.7. The molecule has 0 aromatic heterocycles. The summed E-state index contributed by atoms with van der Waals surface area (Å²) in [5.41, 5.74) is -0.110. The zero-order chi connectivity index (χ0) is 13.8. The lowest BCUT2D eigenvalue weighted by atomic mass is 10.0. The van der Waals surface area contributed by atoms with Gasteiger partial charge in [-0.15, -0.1) is 0 Å². The van der Waals surface area contributed by atoms with Gasteiger partial charge in [-0.25, -0.2) is 0 Å². The fourth-order valence-electron chi connectivity index (χ4n) is 1.58. The van der Waals surface area contributed by atoms with E-state index in [1.54, 1.807) is 12.1 Å². The summed E-state index contributed by atoms with van der Waals surface area (Å²) < 4.78 is 0. The van der Waals surface area contributed by atoms with Crippen molar-refractivity contribution < 1.29 is 19.8 Å². The standard InChI is InChI=1S/C13H17NO4/c1-9-5-3-4-6-10(9)12(17)14-8-13(2,18)7-11(15)16/h3-6,18H,7-8H2,1-2H3,(H,14,17)(H,15,16). The Balaban J connectivity index is 2.62. The molecule has 1 unspecified atom stereocenters. The maximum absolute atomic E-state index is 11.8. The van der Waals surface area contributed by atoms with Gasteiger partial charge in [0.2, 0.25) is 0 Å². The number of carbonyl (C=O) groups excluding carboxylic acids is 1. The Morgan fingerprint density at radius 2 is 1.94 bits per heavy atom. The van der Waals surface area contributed by atoms with Gasteiger partial charge in [-0.1, -0.05) is 18.2 Å². The third-order valence-corrected chi connectivity index (χ3v) is 2.55. The zero-order valence-electron chi connectivity index (χ0n) is 10.4. The van der Waals surface area contributed by atoms with E-state index in [-0.39, 0.29) is 12.5 Å². The number of carboxylic acid groups (broad SMARTS) is 1. The van der Waals surface area contributed by atoms with Crippen molar-refractivity contribution in [3.05, 3.63) is 35.4 Å². The number of amides is 1. The molecule has 3 N–H and O–H groups in total. The van der Waals surface area contributed by atoms with Crippen LogP contribution in [0.25, 0.3) is 0 Å². The monoisotopic (exact) mass is 251 g/mol. The second-order valence-electron chi connectivity index (χ2n) is 4.57. The molecule has 0 fully saturated rings. The van der Waals surface area contributed by atoms with Gasteiger partial charge in [-0.05, 0) is 25.5 Å². The molecule has 1 atom stereocenters. The SMILES string of the molecule is Cc1ccccc1C(=O)NCC(C)(O)CC(=O)O. The first-order valence-corrected chi connectivity index (χ1v) is 5.60. The van der Waals surface area contributed by atoms with Crippen LogP contribution in [0, 0.1) is 6.92 Å². The van der Waals surface area contributed by atoms with Gasteiger partial charge in [-0.2, -0.15) is 0 Å². The molecule has 0 bridgehead atoms. The van der Waals surface area contributed by atoms with Crippen molar-refractivity contribution in [3.8, 4) is 0 Å². The largest absolute Gasteiger partial charge is 0.481 e. The van der Waals surface area contributed by atoms with Crippen molar-refractivity contribution in [2.24, 2.45) is 0 Å². The Kier molecular flexibility index (Phi) is 4.44. The lowest BCUT2D eigenvalue weighted by molar-refractivity contribution is -0.141. The Morgan fingerprint density at radius 3 is 2.50 bits per heavy atom. The van der Waals surface area contributed by atoms with Gasteiger partial charge in [0.25, 0.3) is 5.91 Å². The van der Waals surface area contributed by atoms with Gasteiger partial charge in [0.1, 0.15) is 0 Å². The van der Waals surface area contributed by atoms with Crippen LogP contribution in [0.2, 0.25) is 0 Å². The van der Waals surface area contributed by atoms with Crippen molar-refractivity contribution in [1.29, 1.82) is 0 Å². The number of carboxylic acids is 1. The van der Waals surface area contributed by atoms with E-state index in [0.29, 0.717) is 5.56 Å². The number of aliphatic carboxylic acids is 1. The molecule has 0 aliphatic heterocycles. The Hall–Kier alpha value is -1.88. The van der Waals surface area contributed by atoms with Gasteiger partial charge in [0.15, 0.2) is 0 Å². The van der Waals surface area contributed by atoms with E-state index in [0.717, 1.165) is 5.56 Å². The lowest BCUT2D eigenvalue weighted by Crippen LogP contribution is -2.42. The Morgan fingerprint density at radius 1 is 1.33 bits per heavy atom. The predicted molar refractivity (Wildman–Crippen MR) is 66.4 cm³/mol. The van der Waals surface area contributed by atoms with Crippen LogP contribution >= 0.6 is 0 Å². The average molecular weight is 251 g/mol. The summed E-state index contributed by atoms with van der Waals surface area (Å²) in [6, 6.07) is 7.06. The van der Waals surface area contributed by atoms with Gasteiger partial charge >= 0.3 is 5.97 Å². The molecule has 0 saturated heterocycles. The molecular weight excluding hydrogens is 234 g/mol. The molecule has 1 aromatic carbocycles. The number of rotatable bonds is 5. The summed E-state index contributed by atoms with van der Waals surface area (Å²) in [6.45, 7) is 3.08. The molecule has 0 aliphatic carbocycles. The molecule has 0 saturated carbocycles. The predicted octanol–water partition coefficient (Wildman–Crippen LogP) is 0.951. The number of aliphatic hydroxyl groups is 1. The Labute approximate surface area is 105 Å². The summed E-state index contributed by atoms with van der Waals surface area (Å²) in [5.74, 6) is -1.43. The van der Waals surface area contributed by atoms with Crippen molar-refractivity contribution in [2.45, 2.75) is 25.9 Å². The highest BCUT2D eigenvalue weighted by Crippen LogP contribution is 2.10. The van der Waals surface area contributed by atoms with Crippen molar-refractivity contribution >= 4 is 11.9 Å². The molecular formula is C13H17NO4. The van der Waals surface area contributed by atoms with Crippen LogP contribution < -0.4 is 5.32 Å². The fourth-order valence-corrected chi connectivity index (χ4v) is 1.58. The third-order valence-electron chi connectivity index (χ3n) is 2.55. The average Bonchev–Trinajstić information content (AvgIpc) is 2.25. The molecule has 98 valence electrons. The lowest BCUT2D eigenvalue weighted by Gasteiger charge is -2.21. The molecule has 1 aromatic rings. The summed E-state index contributed by atoms with van der Waals surface area (Å²) >= 11 is 0. The molecule has 1 rings (SSSR count). The van der Waals surface area contributed by atoms with Gasteiger partial charge in [-0.3, -0.25) is 9.59 Å². The minimum absolute atomic E-state index is 0.105. The molecule has 18 heavy (non-hydrogen) atoms. The maximum Gasteiger partial charge on any atom is 0.306 e. The molecule has 5 nitrogen and oxygen atoms in total. The van der Waals surface area contributed by atoms with E-state index in [2.05, 4.69) is 5.32 Å². The molecule has 0 spiro atoms. The number of benzene rings is 1. The second kappa shape index (κ2) is 5.64. The molecule has 5 heteroatoms. The number of carbonyl (C=O) groups is 2. The van der Waals surface area contributed by atoms with Crippen LogP contribution in [-0.2, 0) is 4.79 Å². The van der Waals surface area contributed by atoms with Gasteiger partial charge in [0.05, 0.1) is 12.0 Å². The van der Waals surface area contributed by atoms with Gasteiger partial charge < -0.3 is 15.5 Å². The Bertz CT molecular complexity index is 454. The highest BCUT2D eigenvalue weighted by atomic mass is 16.4. The maximum atomic E-state index is 11.8. The number of aryl methyl sites for hydroxylation is 1. The van der Waals surface area contributed by atoms with Crippen molar-refractivity contribution in [2.75, 3.05) is 6.54 Å². The van der Waals surface area contributed by atoms with E-state index >= 15 is 0 Å². The molecule has 0 heterocycles. The summed E-state index contributed by atoms with van der Waals surface area (Å²) in [7, 11) is 0. The van der Waals surface area contributed by atoms with Crippen LogP contribution in [0.1, 0.15) is 29.3 Å². The van der Waals surface area contributed by atoms with Crippen LogP contribution in [0.4, 0.5) is 0 Å². The summed E-state index contributed by atoms with van der Waals surface area (Å²) in [4.78, 5) is 22.3. The van der Waals surface area contributed by atoms with Crippen LogP contribution in [0.3, 0.4) is 0 Å². The molecule has 0 aliphatic rings. The van der Waals surface area contributed by atoms with E-state index < -0.39 is 18.0 Å².